The molecule has 0 N–H and O–H groups in total. The van der Waals surface area contributed by atoms with Crippen molar-refractivity contribution in [3.8, 4) is 11.5 Å². The Hall–Kier alpha value is -1.11. The highest BCUT2D eigenvalue weighted by Crippen LogP contribution is 2.58. The van der Waals surface area contributed by atoms with Crippen LogP contribution in [-0.2, 0) is 14.3 Å². The molecule has 2 fully saturated rings. The van der Waals surface area contributed by atoms with Crippen LogP contribution in [0, 0.1) is 0 Å². The van der Waals surface area contributed by atoms with Crippen molar-refractivity contribution in [2.75, 3.05) is 7.11 Å². The fraction of sp³-hybridized carbons (Fsp3) is 0.533. The maximum Gasteiger partial charge on any atom is 0.340 e. The molecule has 1 aromatic carbocycles. The van der Waals surface area contributed by atoms with E-state index < -0.39 is 12.1 Å². The molecule has 2 aliphatic heterocycles. The summed E-state index contributed by atoms with van der Waals surface area (Å²) < 4.78 is 22.9. The molecule has 0 radical (unpaired) electrons. The molecule has 1 aromatic rings. The van der Waals surface area contributed by atoms with Crippen LogP contribution in [0.25, 0.3) is 0 Å². The predicted molar refractivity (Wildman–Crippen MR) is 76.7 cm³/mol. The van der Waals surface area contributed by atoms with Gasteiger partial charge in [0.15, 0.2) is 17.6 Å². The number of rotatable bonds is 3. The van der Waals surface area contributed by atoms with Gasteiger partial charge in [-0.15, -0.1) is 0 Å². The minimum absolute atomic E-state index is 0.135. The minimum Gasteiger partial charge on any atom is -0.485 e. The van der Waals surface area contributed by atoms with E-state index in [0.29, 0.717) is 17.6 Å². The van der Waals surface area contributed by atoms with Crippen LogP contribution in [0.15, 0.2) is 16.6 Å². The molecule has 6 heteroatoms. The van der Waals surface area contributed by atoms with Gasteiger partial charge in [0.05, 0.1) is 18.1 Å². The molecule has 3 aliphatic rings. The number of benzene rings is 1. The van der Waals surface area contributed by atoms with Gasteiger partial charge in [-0.05, 0) is 19.1 Å². The number of hydrogen-bond donors (Lipinski definition) is 0. The molecule has 4 rings (SSSR count). The van der Waals surface area contributed by atoms with E-state index in [-0.39, 0.29) is 18.1 Å². The largest absolute Gasteiger partial charge is 0.485 e. The Balaban J connectivity index is 1.67. The summed E-state index contributed by atoms with van der Waals surface area (Å²) in [5.74, 6) is 0.928. The SMILES string of the molecule is COC(C)C(=O)Oc1cc(Br)cc2c1OC1C[C@H]3O[C@H]3C21. The Morgan fingerprint density at radius 3 is 3.00 bits per heavy atom. The summed E-state index contributed by atoms with van der Waals surface area (Å²) >= 11 is 3.47. The lowest BCUT2D eigenvalue weighted by Crippen LogP contribution is -2.24. The van der Waals surface area contributed by atoms with E-state index in [9.17, 15) is 4.79 Å². The zero-order chi connectivity index (χ0) is 14.7. The zero-order valence-corrected chi connectivity index (χ0v) is 13.3. The molecule has 0 bridgehead atoms. The minimum atomic E-state index is -0.614. The van der Waals surface area contributed by atoms with Gasteiger partial charge in [0.2, 0.25) is 0 Å². The van der Waals surface area contributed by atoms with Gasteiger partial charge >= 0.3 is 5.97 Å². The van der Waals surface area contributed by atoms with Crippen molar-refractivity contribution in [1.82, 2.24) is 0 Å². The number of epoxide rings is 1. The zero-order valence-electron chi connectivity index (χ0n) is 11.7. The summed E-state index contributed by atoms with van der Waals surface area (Å²) in [7, 11) is 1.47. The van der Waals surface area contributed by atoms with Crippen LogP contribution in [-0.4, -0.2) is 37.5 Å². The van der Waals surface area contributed by atoms with E-state index in [4.69, 9.17) is 18.9 Å². The molecule has 1 aliphatic carbocycles. The summed E-state index contributed by atoms with van der Waals surface area (Å²) in [6.45, 7) is 1.65. The predicted octanol–water partition coefficient (Wildman–Crippen LogP) is 2.41. The second-order valence-electron chi connectivity index (χ2n) is 5.68. The van der Waals surface area contributed by atoms with E-state index in [1.54, 1.807) is 13.0 Å². The number of fused-ring (bicyclic) bond motifs is 5. The first-order valence-corrected chi connectivity index (χ1v) is 7.78. The Bertz CT molecular complexity index is 616. The molecular formula is C15H15BrO5. The van der Waals surface area contributed by atoms with Gasteiger partial charge in [-0.25, -0.2) is 4.79 Å². The lowest BCUT2D eigenvalue weighted by molar-refractivity contribution is -0.144. The molecule has 1 saturated carbocycles. The highest BCUT2D eigenvalue weighted by atomic mass is 79.9. The second kappa shape index (κ2) is 4.69. The van der Waals surface area contributed by atoms with Gasteiger partial charge < -0.3 is 18.9 Å². The number of hydrogen-bond acceptors (Lipinski definition) is 5. The highest BCUT2D eigenvalue weighted by Gasteiger charge is 2.60. The van der Waals surface area contributed by atoms with E-state index >= 15 is 0 Å². The normalized spacial score (nSPS) is 32.7. The molecule has 5 atom stereocenters. The quantitative estimate of drug-likeness (QED) is 0.474. The third kappa shape index (κ3) is 2.08. The van der Waals surface area contributed by atoms with Crippen LogP contribution in [0.4, 0.5) is 0 Å². The first-order valence-electron chi connectivity index (χ1n) is 6.98. The Labute approximate surface area is 130 Å². The second-order valence-corrected chi connectivity index (χ2v) is 6.59. The van der Waals surface area contributed by atoms with Crippen molar-refractivity contribution in [1.29, 1.82) is 0 Å². The van der Waals surface area contributed by atoms with Gasteiger partial charge in [0, 0.05) is 23.6 Å². The standard InChI is InChI=1S/C15H15BrO5/c1-6(18-2)15(17)21-10-4-7(16)3-8-12-9(19-13(8)10)5-11-14(12)20-11/h3-4,6,9,11-12,14H,5H2,1-2H3/t6?,9?,11-,12?,14-/m1/s1. The molecule has 0 spiro atoms. The monoisotopic (exact) mass is 354 g/mol. The lowest BCUT2D eigenvalue weighted by atomic mass is 9.96. The molecule has 112 valence electrons. The fourth-order valence-electron chi connectivity index (χ4n) is 3.23. The Kier molecular flexibility index (Phi) is 3.03. The van der Waals surface area contributed by atoms with Crippen molar-refractivity contribution in [3.63, 3.8) is 0 Å². The van der Waals surface area contributed by atoms with Crippen LogP contribution >= 0.6 is 15.9 Å². The molecule has 0 aromatic heterocycles. The van der Waals surface area contributed by atoms with Crippen LogP contribution < -0.4 is 9.47 Å². The number of methoxy groups -OCH3 is 1. The number of esters is 1. The maximum absolute atomic E-state index is 11.9. The third-order valence-corrected chi connectivity index (χ3v) is 4.87. The highest BCUT2D eigenvalue weighted by molar-refractivity contribution is 9.10. The average molecular weight is 355 g/mol. The number of carbonyl (C=O) groups excluding carboxylic acids is 1. The topological polar surface area (TPSA) is 57.3 Å². The van der Waals surface area contributed by atoms with E-state index in [1.807, 2.05) is 6.07 Å². The first-order chi connectivity index (χ1) is 10.1. The average Bonchev–Trinajstić information content (AvgIpc) is 2.96. The van der Waals surface area contributed by atoms with Crippen molar-refractivity contribution >= 4 is 21.9 Å². The third-order valence-electron chi connectivity index (χ3n) is 4.41. The van der Waals surface area contributed by atoms with Crippen molar-refractivity contribution in [2.24, 2.45) is 0 Å². The molecule has 3 unspecified atom stereocenters. The smallest absolute Gasteiger partial charge is 0.340 e. The Morgan fingerprint density at radius 2 is 2.24 bits per heavy atom. The molecule has 21 heavy (non-hydrogen) atoms. The molecule has 5 nitrogen and oxygen atoms in total. The molecule has 0 amide bonds. The van der Waals surface area contributed by atoms with Crippen LogP contribution in [0.2, 0.25) is 0 Å². The Morgan fingerprint density at radius 1 is 1.43 bits per heavy atom. The lowest BCUT2D eigenvalue weighted by Gasteiger charge is -2.13. The van der Waals surface area contributed by atoms with Crippen molar-refractivity contribution in [3.05, 3.63) is 22.2 Å². The fourth-order valence-corrected chi connectivity index (χ4v) is 3.68. The molecule has 1 saturated heterocycles. The molecule has 2 heterocycles. The molecular weight excluding hydrogens is 340 g/mol. The van der Waals surface area contributed by atoms with E-state index in [2.05, 4.69) is 15.9 Å². The van der Waals surface area contributed by atoms with Gasteiger partial charge in [-0.2, -0.15) is 0 Å². The number of carbonyl (C=O) groups is 1. The van der Waals surface area contributed by atoms with Crippen LogP contribution in [0.3, 0.4) is 0 Å². The summed E-state index contributed by atoms with van der Waals surface area (Å²) in [6, 6.07) is 3.78. The van der Waals surface area contributed by atoms with Crippen molar-refractivity contribution in [2.45, 2.75) is 43.7 Å². The van der Waals surface area contributed by atoms with Gasteiger partial charge in [0.1, 0.15) is 6.10 Å². The summed E-state index contributed by atoms with van der Waals surface area (Å²) in [4.78, 5) is 11.9. The maximum atomic E-state index is 11.9. The first kappa shape index (κ1) is 13.5. The van der Waals surface area contributed by atoms with Crippen LogP contribution in [0.1, 0.15) is 24.8 Å². The number of halogens is 1. The number of ether oxygens (including phenoxy) is 4. The summed E-state index contributed by atoms with van der Waals surface area (Å²) in [5.41, 5.74) is 1.06. The van der Waals surface area contributed by atoms with Crippen molar-refractivity contribution < 1.29 is 23.7 Å². The van der Waals surface area contributed by atoms with E-state index in [1.165, 1.54) is 7.11 Å². The van der Waals surface area contributed by atoms with Gasteiger partial charge in [0.25, 0.3) is 0 Å². The summed E-state index contributed by atoms with van der Waals surface area (Å²) in [6.07, 6.45) is 1.02. The van der Waals surface area contributed by atoms with Gasteiger partial charge in [-0.3, -0.25) is 0 Å². The van der Waals surface area contributed by atoms with Gasteiger partial charge in [-0.1, -0.05) is 15.9 Å². The van der Waals surface area contributed by atoms with Crippen LogP contribution in [0.5, 0.6) is 11.5 Å². The summed E-state index contributed by atoms with van der Waals surface area (Å²) in [5, 5.41) is 0. The van der Waals surface area contributed by atoms with E-state index in [0.717, 1.165) is 16.5 Å².